The van der Waals surface area contributed by atoms with E-state index in [1.165, 1.54) is 0 Å². The smallest absolute Gasteiger partial charge is 0.292 e. The van der Waals surface area contributed by atoms with Crippen LogP contribution in [0, 0.1) is 6.92 Å². The molecule has 0 N–H and O–H groups in total. The van der Waals surface area contributed by atoms with Gasteiger partial charge in [0.05, 0.1) is 11.2 Å². The van der Waals surface area contributed by atoms with Crippen LogP contribution in [0.15, 0.2) is 53.6 Å². The van der Waals surface area contributed by atoms with Crippen LogP contribution in [0.25, 0.3) is 10.9 Å². The van der Waals surface area contributed by atoms with Gasteiger partial charge in [0.25, 0.3) is 0 Å². The first kappa shape index (κ1) is 12.5. The van der Waals surface area contributed by atoms with Crippen LogP contribution in [0.3, 0.4) is 0 Å². The highest BCUT2D eigenvalue weighted by Gasteiger charge is 2.07. The molecule has 0 atom stereocenters. The second-order valence-electron chi connectivity index (χ2n) is 4.75. The highest BCUT2D eigenvalue weighted by atomic mass is 16.1. The van der Waals surface area contributed by atoms with Gasteiger partial charge in [-0.05, 0) is 37.1 Å². The van der Waals surface area contributed by atoms with E-state index in [4.69, 9.17) is 0 Å². The fourth-order valence-corrected chi connectivity index (χ4v) is 2.39. The van der Waals surface area contributed by atoms with E-state index in [2.05, 4.69) is 9.97 Å². The number of hydrogen-bond acceptors (Lipinski definition) is 3. The Balaban J connectivity index is 2.01. The molecule has 0 radical (unpaired) electrons. The summed E-state index contributed by atoms with van der Waals surface area (Å²) in [5, 5.41) is 1.03. The van der Waals surface area contributed by atoms with Crippen LogP contribution in [0.2, 0.25) is 0 Å². The minimum Gasteiger partial charge on any atom is -0.292 e. The Labute approximate surface area is 116 Å². The third kappa shape index (κ3) is 2.32. The molecule has 100 valence electrons. The summed E-state index contributed by atoms with van der Waals surface area (Å²) in [6.45, 7) is 2.49. The van der Waals surface area contributed by atoms with Crippen molar-refractivity contribution in [3.05, 3.63) is 70.5 Å². The average molecular weight is 265 g/mol. The van der Waals surface area contributed by atoms with Crippen molar-refractivity contribution in [2.45, 2.75) is 19.9 Å². The van der Waals surface area contributed by atoms with Gasteiger partial charge in [0, 0.05) is 24.3 Å². The molecule has 0 aliphatic rings. The van der Waals surface area contributed by atoms with Crippen molar-refractivity contribution in [3.63, 3.8) is 0 Å². The SMILES string of the molecule is Cc1nc(=O)n(CCc2ccncc2)c2ccccc12. The first-order valence-electron chi connectivity index (χ1n) is 6.61. The Morgan fingerprint density at radius 1 is 1.10 bits per heavy atom. The lowest BCUT2D eigenvalue weighted by molar-refractivity contribution is 0.672. The fourth-order valence-electron chi connectivity index (χ4n) is 2.39. The van der Waals surface area contributed by atoms with Crippen molar-refractivity contribution in [1.29, 1.82) is 0 Å². The summed E-state index contributed by atoms with van der Waals surface area (Å²) in [5.74, 6) is 0. The van der Waals surface area contributed by atoms with Gasteiger partial charge in [0.1, 0.15) is 0 Å². The van der Waals surface area contributed by atoms with Crippen LogP contribution in [0.5, 0.6) is 0 Å². The second-order valence-corrected chi connectivity index (χ2v) is 4.75. The molecule has 0 unspecified atom stereocenters. The number of aromatic nitrogens is 3. The minimum absolute atomic E-state index is 0.185. The van der Waals surface area contributed by atoms with Crippen LogP contribution < -0.4 is 5.69 Å². The summed E-state index contributed by atoms with van der Waals surface area (Å²) < 4.78 is 1.74. The first-order valence-corrected chi connectivity index (χ1v) is 6.61. The van der Waals surface area contributed by atoms with E-state index in [0.717, 1.165) is 28.6 Å². The van der Waals surface area contributed by atoms with Gasteiger partial charge in [-0.1, -0.05) is 18.2 Å². The maximum absolute atomic E-state index is 12.1. The van der Waals surface area contributed by atoms with E-state index in [-0.39, 0.29) is 5.69 Å². The molecule has 0 saturated carbocycles. The van der Waals surface area contributed by atoms with Crippen molar-refractivity contribution in [2.75, 3.05) is 0 Å². The second kappa shape index (κ2) is 5.25. The number of benzene rings is 1. The molecule has 4 nitrogen and oxygen atoms in total. The summed E-state index contributed by atoms with van der Waals surface area (Å²) in [7, 11) is 0. The fraction of sp³-hybridized carbons (Fsp3) is 0.188. The molecular formula is C16H15N3O. The van der Waals surface area contributed by atoms with Gasteiger partial charge in [0.15, 0.2) is 0 Å². The molecule has 0 spiro atoms. The third-order valence-electron chi connectivity index (χ3n) is 3.45. The quantitative estimate of drug-likeness (QED) is 0.730. The summed E-state index contributed by atoms with van der Waals surface area (Å²) in [6.07, 6.45) is 4.32. The predicted octanol–water partition coefficient (Wildman–Crippen LogP) is 2.34. The summed E-state index contributed by atoms with van der Waals surface area (Å²) in [5.41, 5.74) is 2.71. The van der Waals surface area contributed by atoms with Crippen LogP contribution in [0.1, 0.15) is 11.3 Å². The molecule has 0 aliphatic carbocycles. The van der Waals surface area contributed by atoms with Crippen molar-refractivity contribution in [2.24, 2.45) is 0 Å². The lowest BCUT2D eigenvalue weighted by atomic mass is 10.1. The van der Waals surface area contributed by atoms with Gasteiger partial charge in [0.2, 0.25) is 0 Å². The lowest BCUT2D eigenvalue weighted by Crippen LogP contribution is -2.25. The van der Waals surface area contributed by atoms with Crippen molar-refractivity contribution >= 4 is 10.9 Å². The highest BCUT2D eigenvalue weighted by Crippen LogP contribution is 2.14. The molecule has 0 saturated heterocycles. The van der Waals surface area contributed by atoms with E-state index < -0.39 is 0 Å². The van der Waals surface area contributed by atoms with E-state index in [0.29, 0.717) is 6.54 Å². The number of nitrogens with zero attached hydrogens (tertiary/aromatic N) is 3. The van der Waals surface area contributed by atoms with Gasteiger partial charge < -0.3 is 0 Å². The van der Waals surface area contributed by atoms with Crippen LogP contribution in [-0.4, -0.2) is 14.5 Å². The van der Waals surface area contributed by atoms with Crippen molar-refractivity contribution in [3.8, 4) is 0 Å². The average Bonchev–Trinajstić information content (AvgIpc) is 2.48. The topological polar surface area (TPSA) is 47.8 Å². The molecule has 0 bridgehead atoms. The number of fused-ring (bicyclic) bond motifs is 1. The summed E-state index contributed by atoms with van der Waals surface area (Å²) in [4.78, 5) is 20.2. The molecule has 2 heterocycles. The zero-order chi connectivity index (χ0) is 13.9. The zero-order valence-electron chi connectivity index (χ0n) is 11.3. The third-order valence-corrected chi connectivity index (χ3v) is 3.45. The van der Waals surface area contributed by atoms with E-state index in [1.54, 1.807) is 17.0 Å². The molecule has 4 heteroatoms. The van der Waals surface area contributed by atoms with Crippen LogP contribution >= 0.6 is 0 Å². The number of para-hydroxylation sites is 1. The van der Waals surface area contributed by atoms with E-state index in [9.17, 15) is 4.79 Å². The Morgan fingerprint density at radius 2 is 1.85 bits per heavy atom. The first-order chi connectivity index (χ1) is 9.75. The van der Waals surface area contributed by atoms with Crippen LogP contribution in [0.4, 0.5) is 0 Å². The zero-order valence-corrected chi connectivity index (χ0v) is 11.3. The monoisotopic (exact) mass is 265 g/mol. The lowest BCUT2D eigenvalue weighted by Gasteiger charge is -2.10. The molecule has 20 heavy (non-hydrogen) atoms. The van der Waals surface area contributed by atoms with E-state index in [1.807, 2.05) is 43.3 Å². The molecular weight excluding hydrogens is 250 g/mol. The maximum Gasteiger partial charge on any atom is 0.348 e. The van der Waals surface area contributed by atoms with E-state index >= 15 is 0 Å². The molecule has 2 aromatic heterocycles. The Hall–Kier alpha value is -2.49. The molecule has 0 fully saturated rings. The molecule has 1 aromatic carbocycles. The standard InChI is InChI=1S/C16H15N3O/c1-12-14-4-2-3-5-15(14)19(16(20)18-12)11-8-13-6-9-17-10-7-13/h2-7,9-10H,8,11H2,1H3. The number of aryl methyl sites for hydroxylation is 3. The van der Waals surface area contributed by atoms with Crippen LogP contribution in [-0.2, 0) is 13.0 Å². The molecule has 0 aliphatic heterocycles. The molecule has 3 aromatic rings. The van der Waals surface area contributed by atoms with Crippen molar-refractivity contribution in [1.82, 2.24) is 14.5 Å². The summed E-state index contributed by atoms with van der Waals surface area (Å²) in [6, 6.07) is 11.8. The Morgan fingerprint density at radius 3 is 2.65 bits per heavy atom. The predicted molar refractivity (Wildman–Crippen MR) is 78.7 cm³/mol. The number of pyridine rings is 1. The molecule has 0 amide bonds. The Bertz CT molecular complexity index is 794. The normalized spacial score (nSPS) is 10.8. The largest absolute Gasteiger partial charge is 0.348 e. The maximum atomic E-state index is 12.1. The van der Waals surface area contributed by atoms with Gasteiger partial charge in [-0.15, -0.1) is 0 Å². The van der Waals surface area contributed by atoms with Gasteiger partial charge in [-0.2, -0.15) is 4.98 Å². The Kier molecular flexibility index (Phi) is 3.29. The minimum atomic E-state index is -0.185. The number of hydrogen-bond donors (Lipinski definition) is 0. The van der Waals surface area contributed by atoms with Gasteiger partial charge in [-0.3, -0.25) is 9.55 Å². The van der Waals surface area contributed by atoms with Crippen molar-refractivity contribution < 1.29 is 0 Å². The number of rotatable bonds is 3. The van der Waals surface area contributed by atoms with Gasteiger partial charge in [-0.25, -0.2) is 4.79 Å². The highest BCUT2D eigenvalue weighted by molar-refractivity contribution is 5.80. The van der Waals surface area contributed by atoms with Gasteiger partial charge >= 0.3 is 5.69 Å². The summed E-state index contributed by atoms with van der Waals surface area (Å²) >= 11 is 0. The molecule has 3 rings (SSSR count).